The molecule has 1 N–H and O–H groups in total. The van der Waals surface area contributed by atoms with Crippen LogP contribution < -0.4 is 14.8 Å². The molecule has 3 rings (SSSR count). The highest BCUT2D eigenvalue weighted by Crippen LogP contribution is 2.29. The third-order valence-corrected chi connectivity index (χ3v) is 4.35. The first-order chi connectivity index (χ1) is 14.9. The van der Waals surface area contributed by atoms with Crippen molar-refractivity contribution in [2.75, 3.05) is 18.5 Å². The number of ether oxygens (including phenoxy) is 2. The minimum Gasteiger partial charge on any atom is -0.490 e. The molecule has 0 unspecified atom stereocenters. The zero-order valence-corrected chi connectivity index (χ0v) is 17.6. The number of nitrogens with one attached hydrogen (secondary N) is 1. The number of benzene rings is 2. The number of aromatic nitrogens is 2. The van der Waals surface area contributed by atoms with Crippen molar-refractivity contribution in [3.8, 4) is 17.2 Å². The molecule has 0 fully saturated rings. The van der Waals surface area contributed by atoms with Crippen molar-refractivity contribution in [1.29, 1.82) is 0 Å². The first-order valence-electron chi connectivity index (χ1n) is 9.95. The first-order valence-corrected chi connectivity index (χ1v) is 9.95. The fourth-order valence-corrected chi connectivity index (χ4v) is 2.94. The molecule has 0 saturated carbocycles. The van der Waals surface area contributed by atoms with E-state index in [1.807, 2.05) is 13.8 Å². The molecule has 0 saturated heterocycles. The van der Waals surface area contributed by atoms with E-state index in [2.05, 4.69) is 10.4 Å². The molecule has 0 radical (unpaired) electrons. The molecule has 0 spiro atoms. The van der Waals surface area contributed by atoms with Crippen LogP contribution in [0.15, 0.2) is 48.5 Å². The summed E-state index contributed by atoms with van der Waals surface area (Å²) in [5.74, 6) is 1.20. The number of non-ortho nitro benzene ring substituents is 1. The van der Waals surface area contributed by atoms with Gasteiger partial charge in [0.25, 0.3) is 11.6 Å². The minimum atomic E-state index is -0.468. The number of anilines is 1. The number of nitrogens with zero attached hydrogens (tertiary/aromatic N) is 3. The van der Waals surface area contributed by atoms with Crippen LogP contribution in [0.5, 0.6) is 11.5 Å². The predicted molar refractivity (Wildman–Crippen MR) is 116 cm³/mol. The van der Waals surface area contributed by atoms with Crippen molar-refractivity contribution < 1.29 is 19.2 Å². The molecule has 0 aliphatic heterocycles. The average Bonchev–Trinajstić information content (AvgIpc) is 3.13. The van der Waals surface area contributed by atoms with Crippen molar-refractivity contribution in [1.82, 2.24) is 9.78 Å². The van der Waals surface area contributed by atoms with Gasteiger partial charge in [-0.25, -0.2) is 4.68 Å². The van der Waals surface area contributed by atoms with Gasteiger partial charge < -0.3 is 14.8 Å². The molecule has 3 aromatic rings. The van der Waals surface area contributed by atoms with Gasteiger partial charge in [0.1, 0.15) is 5.82 Å². The van der Waals surface area contributed by atoms with Gasteiger partial charge in [-0.2, -0.15) is 5.10 Å². The molecule has 0 aliphatic carbocycles. The number of hydrogen-bond acceptors (Lipinski definition) is 6. The third kappa shape index (κ3) is 5.19. The lowest BCUT2D eigenvalue weighted by molar-refractivity contribution is -0.384. The largest absolute Gasteiger partial charge is 0.490 e. The van der Waals surface area contributed by atoms with E-state index < -0.39 is 4.92 Å². The summed E-state index contributed by atoms with van der Waals surface area (Å²) in [6.45, 7) is 6.67. The van der Waals surface area contributed by atoms with E-state index in [9.17, 15) is 14.9 Å². The van der Waals surface area contributed by atoms with Crippen molar-refractivity contribution >= 4 is 17.4 Å². The molecule has 0 atom stereocenters. The van der Waals surface area contributed by atoms with Gasteiger partial charge in [-0.05, 0) is 50.6 Å². The lowest BCUT2D eigenvalue weighted by atomic mass is 10.2. The summed E-state index contributed by atoms with van der Waals surface area (Å²) in [7, 11) is 0. The second kappa shape index (κ2) is 9.75. The highest BCUT2D eigenvalue weighted by Gasteiger charge is 2.16. The van der Waals surface area contributed by atoms with Gasteiger partial charge in [0.15, 0.2) is 11.5 Å². The van der Waals surface area contributed by atoms with Crippen molar-refractivity contribution in [3.05, 3.63) is 69.9 Å². The van der Waals surface area contributed by atoms with E-state index >= 15 is 0 Å². The summed E-state index contributed by atoms with van der Waals surface area (Å²) < 4.78 is 12.8. The van der Waals surface area contributed by atoms with Crippen LogP contribution in [-0.2, 0) is 0 Å². The fourth-order valence-electron chi connectivity index (χ4n) is 2.94. The Balaban J connectivity index is 1.85. The Bertz CT molecular complexity index is 1080. The molecular formula is C22H24N4O5. The maximum Gasteiger partial charge on any atom is 0.269 e. The Hall–Kier alpha value is -3.88. The number of aryl methyl sites for hydroxylation is 1. The molecule has 2 aromatic carbocycles. The second-order valence-electron chi connectivity index (χ2n) is 6.75. The number of nitro groups is 1. The van der Waals surface area contributed by atoms with E-state index in [-0.39, 0.29) is 11.6 Å². The van der Waals surface area contributed by atoms with Crippen LogP contribution in [0.3, 0.4) is 0 Å². The molecule has 1 heterocycles. The summed E-state index contributed by atoms with van der Waals surface area (Å²) in [6, 6.07) is 12.7. The maximum absolute atomic E-state index is 12.9. The molecule has 9 heteroatoms. The van der Waals surface area contributed by atoms with E-state index in [1.54, 1.807) is 43.3 Å². The van der Waals surface area contributed by atoms with E-state index in [1.165, 1.54) is 16.8 Å². The Morgan fingerprint density at radius 2 is 1.84 bits per heavy atom. The Kier molecular flexibility index (Phi) is 6.86. The maximum atomic E-state index is 12.9. The SMILES string of the molecule is CCCOc1ccc(C(=O)Nc2cc(C)nn2-c2ccc([N+](=O)[O-])cc2)cc1OCC. The standard InChI is InChI=1S/C22H24N4O5/c1-4-12-31-19-11-6-16(14-20(19)30-5-2)22(27)23-21-13-15(3)24-25(21)17-7-9-18(10-8-17)26(28)29/h6-11,13-14H,4-5,12H2,1-3H3,(H,23,27). The number of carbonyl (C=O) groups is 1. The molecule has 0 bridgehead atoms. The predicted octanol–water partition coefficient (Wildman–Crippen LogP) is 4.53. The summed E-state index contributed by atoms with van der Waals surface area (Å²) >= 11 is 0. The van der Waals surface area contributed by atoms with Crippen LogP contribution in [0.1, 0.15) is 36.3 Å². The van der Waals surface area contributed by atoms with Gasteiger partial charge in [-0.15, -0.1) is 0 Å². The van der Waals surface area contributed by atoms with Gasteiger partial charge in [0.2, 0.25) is 0 Å². The molecule has 31 heavy (non-hydrogen) atoms. The monoisotopic (exact) mass is 424 g/mol. The Morgan fingerprint density at radius 1 is 1.10 bits per heavy atom. The lowest BCUT2D eigenvalue weighted by Gasteiger charge is -2.13. The lowest BCUT2D eigenvalue weighted by Crippen LogP contribution is -2.15. The Labute approximate surface area is 179 Å². The number of hydrogen-bond donors (Lipinski definition) is 1. The van der Waals surface area contributed by atoms with Crippen LogP contribution in [0.25, 0.3) is 5.69 Å². The summed E-state index contributed by atoms with van der Waals surface area (Å²) in [5.41, 5.74) is 1.66. The quantitative estimate of drug-likeness (QED) is 0.399. The van der Waals surface area contributed by atoms with Crippen LogP contribution in [-0.4, -0.2) is 33.8 Å². The fraction of sp³-hybridized carbons (Fsp3) is 0.273. The molecule has 162 valence electrons. The van der Waals surface area contributed by atoms with Crippen LogP contribution in [0.4, 0.5) is 11.5 Å². The third-order valence-electron chi connectivity index (χ3n) is 4.35. The van der Waals surface area contributed by atoms with Crippen LogP contribution in [0, 0.1) is 17.0 Å². The van der Waals surface area contributed by atoms with E-state index in [0.717, 1.165) is 6.42 Å². The zero-order valence-electron chi connectivity index (χ0n) is 17.6. The normalized spacial score (nSPS) is 10.5. The molecule has 0 aliphatic rings. The first kappa shape index (κ1) is 21.8. The van der Waals surface area contributed by atoms with E-state index in [4.69, 9.17) is 9.47 Å². The molecule has 1 amide bonds. The highest BCUT2D eigenvalue weighted by atomic mass is 16.6. The number of rotatable bonds is 9. The number of nitro benzene ring substituents is 1. The summed E-state index contributed by atoms with van der Waals surface area (Å²) in [4.78, 5) is 23.3. The van der Waals surface area contributed by atoms with Gasteiger partial charge in [0.05, 0.1) is 29.5 Å². The molecular weight excluding hydrogens is 400 g/mol. The Morgan fingerprint density at radius 3 is 2.48 bits per heavy atom. The topological polar surface area (TPSA) is 109 Å². The van der Waals surface area contributed by atoms with Gasteiger partial charge >= 0.3 is 0 Å². The van der Waals surface area contributed by atoms with E-state index in [0.29, 0.717) is 47.5 Å². The minimum absolute atomic E-state index is 0.0213. The number of amides is 1. The van der Waals surface area contributed by atoms with Crippen LogP contribution >= 0.6 is 0 Å². The molecule has 9 nitrogen and oxygen atoms in total. The zero-order chi connectivity index (χ0) is 22.4. The second-order valence-corrected chi connectivity index (χ2v) is 6.75. The highest BCUT2D eigenvalue weighted by molar-refractivity contribution is 6.04. The average molecular weight is 424 g/mol. The van der Waals surface area contributed by atoms with Gasteiger partial charge in [-0.1, -0.05) is 6.92 Å². The van der Waals surface area contributed by atoms with Gasteiger partial charge in [-0.3, -0.25) is 14.9 Å². The van der Waals surface area contributed by atoms with Crippen molar-refractivity contribution in [2.45, 2.75) is 27.2 Å². The molecule has 1 aromatic heterocycles. The summed E-state index contributed by atoms with van der Waals surface area (Å²) in [6.07, 6.45) is 0.861. The van der Waals surface area contributed by atoms with Crippen molar-refractivity contribution in [3.63, 3.8) is 0 Å². The smallest absolute Gasteiger partial charge is 0.269 e. The van der Waals surface area contributed by atoms with Crippen LogP contribution in [0.2, 0.25) is 0 Å². The number of carbonyl (C=O) groups excluding carboxylic acids is 1. The van der Waals surface area contributed by atoms with Gasteiger partial charge in [0, 0.05) is 23.8 Å². The summed E-state index contributed by atoms with van der Waals surface area (Å²) in [5, 5.41) is 18.1. The van der Waals surface area contributed by atoms with Crippen molar-refractivity contribution in [2.24, 2.45) is 0 Å².